The van der Waals surface area contributed by atoms with Crippen LogP contribution in [0.4, 0.5) is 13.2 Å². The van der Waals surface area contributed by atoms with E-state index in [1.165, 1.54) is 19.1 Å². The van der Waals surface area contributed by atoms with Crippen LogP contribution in [-0.2, 0) is 22.2 Å². The van der Waals surface area contributed by atoms with E-state index in [4.69, 9.17) is 10.4 Å². The van der Waals surface area contributed by atoms with Gasteiger partial charge in [0.25, 0.3) is 0 Å². The number of nitriles is 1. The van der Waals surface area contributed by atoms with Gasteiger partial charge in [-0.05, 0) is 11.6 Å². The number of rotatable bonds is 6. The Hall–Kier alpha value is -2.56. The molecule has 0 spiro atoms. The maximum absolute atomic E-state index is 12.6. The molecule has 0 fully saturated rings. The predicted molar refractivity (Wildman–Crippen MR) is 74.1 cm³/mol. The molecule has 0 saturated carbocycles. The van der Waals surface area contributed by atoms with Crippen molar-refractivity contribution in [3.63, 3.8) is 0 Å². The first-order valence-corrected chi connectivity index (χ1v) is 6.70. The van der Waals surface area contributed by atoms with E-state index in [1.807, 2.05) is 6.07 Å². The highest BCUT2D eigenvalue weighted by molar-refractivity contribution is 5.85. The van der Waals surface area contributed by atoms with E-state index in [2.05, 4.69) is 5.32 Å². The highest BCUT2D eigenvalue weighted by Crippen LogP contribution is 2.29. The number of carbonyl (C=O) groups excluding carboxylic acids is 1. The van der Waals surface area contributed by atoms with Crippen molar-refractivity contribution in [1.29, 1.82) is 5.26 Å². The number of hydrogen-bond donors (Lipinski definition) is 2. The number of alkyl halides is 3. The number of amides is 1. The Morgan fingerprint density at radius 3 is 2.57 bits per heavy atom. The molecule has 1 aromatic carbocycles. The third kappa shape index (κ3) is 5.62. The molecular weight excluding hydrogens is 313 g/mol. The van der Waals surface area contributed by atoms with Gasteiger partial charge in [0, 0.05) is 12.3 Å². The number of benzene rings is 1. The molecule has 1 amide bonds. The average molecular weight is 328 g/mol. The van der Waals surface area contributed by atoms with Crippen LogP contribution in [0.1, 0.15) is 24.5 Å². The van der Waals surface area contributed by atoms with E-state index in [0.29, 0.717) is 0 Å². The Morgan fingerprint density at radius 1 is 1.39 bits per heavy atom. The molecule has 0 aliphatic carbocycles. The van der Waals surface area contributed by atoms with Gasteiger partial charge in [0.1, 0.15) is 6.04 Å². The summed E-state index contributed by atoms with van der Waals surface area (Å²) in [5, 5.41) is 19.9. The summed E-state index contributed by atoms with van der Waals surface area (Å²) < 4.78 is 37.8. The summed E-state index contributed by atoms with van der Waals surface area (Å²) in [6.45, 7) is 1.49. The van der Waals surface area contributed by atoms with Crippen molar-refractivity contribution in [3.8, 4) is 6.07 Å². The molecule has 2 atom stereocenters. The van der Waals surface area contributed by atoms with Crippen molar-refractivity contribution in [1.82, 2.24) is 5.32 Å². The average Bonchev–Trinajstić information content (AvgIpc) is 2.44. The minimum absolute atomic E-state index is 0.0686. The first kappa shape index (κ1) is 18.5. The molecule has 0 aliphatic rings. The second-order valence-corrected chi connectivity index (χ2v) is 5.10. The Morgan fingerprint density at radius 2 is 2.04 bits per heavy atom. The number of nitrogens with one attached hydrogen (secondary N) is 1. The number of carboxylic acids is 1. The van der Waals surface area contributed by atoms with Crippen LogP contribution in [0.2, 0.25) is 0 Å². The number of halogens is 3. The standard InChI is InChI=1S/C15H15F3N2O3/c1-9(5-6-19)13(14(22)23)20-12(21)8-10-3-2-4-11(7-10)15(16,17)18/h2-4,7,9,13H,5,8H2,1H3,(H,20,21)(H,22,23)/t9-,13+/m0/s1. The molecule has 1 aromatic rings. The highest BCUT2D eigenvalue weighted by Gasteiger charge is 2.31. The lowest BCUT2D eigenvalue weighted by Gasteiger charge is -2.19. The van der Waals surface area contributed by atoms with Gasteiger partial charge >= 0.3 is 12.1 Å². The molecule has 5 nitrogen and oxygen atoms in total. The van der Waals surface area contributed by atoms with E-state index >= 15 is 0 Å². The van der Waals surface area contributed by atoms with Gasteiger partial charge in [-0.1, -0.05) is 25.1 Å². The van der Waals surface area contributed by atoms with Crippen LogP contribution >= 0.6 is 0 Å². The minimum Gasteiger partial charge on any atom is -0.480 e. The number of hydrogen-bond acceptors (Lipinski definition) is 3. The smallest absolute Gasteiger partial charge is 0.416 e. The van der Waals surface area contributed by atoms with Crippen molar-refractivity contribution in [2.45, 2.75) is 32.0 Å². The summed E-state index contributed by atoms with van der Waals surface area (Å²) in [5.41, 5.74) is -0.759. The molecule has 23 heavy (non-hydrogen) atoms. The van der Waals surface area contributed by atoms with Crippen molar-refractivity contribution in [2.24, 2.45) is 5.92 Å². The molecule has 0 bridgehead atoms. The van der Waals surface area contributed by atoms with E-state index < -0.39 is 35.6 Å². The molecule has 0 unspecified atom stereocenters. The molecule has 8 heteroatoms. The van der Waals surface area contributed by atoms with E-state index in [0.717, 1.165) is 12.1 Å². The van der Waals surface area contributed by atoms with Crippen molar-refractivity contribution < 1.29 is 27.9 Å². The SMILES string of the molecule is C[C@@H](CC#N)[C@@H](NC(=O)Cc1cccc(C(F)(F)F)c1)C(=O)O. The van der Waals surface area contributed by atoms with Gasteiger partial charge in [0.15, 0.2) is 0 Å². The molecule has 0 aliphatic heterocycles. The fourth-order valence-corrected chi connectivity index (χ4v) is 1.98. The van der Waals surface area contributed by atoms with Crippen molar-refractivity contribution in [2.75, 3.05) is 0 Å². The van der Waals surface area contributed by atoms with Crippen LogP contribution in [0.3, 0.4) is 0 Å². The zero-order chi connectivity index (χ0) is 17.6. The number of nitrogens with zero attached hydrogens (tertiary/aromatic N) is 1. The van der Waals surface area contributed by atoms with E-state index in [1.54, 1.807) is 0 Å². The first-order chi connectivity index (χ1) is 10.6. The summed E-state index contributed by atoms with van der Waals surface area (Å²) in [6.07, 6.45) is -4.97. The quantitative estimate of drug-likeness (QED) is 0.839. The lowest BCUT2D eigenvalue weighted by Crippen LogP contribution is -2.45. The molecule has 0 heterocycles. The summed E-state index contributed by atoms with van der Waals surface area (Å²) >= 11 is 0. The van der Waals surface area contributed by atoms with Gasteiger partial charge in [-0.2, -0.15) is 18.4 Å². The van der Waals surface area contributed by atoms with Gasteiger partial charge in [0.2, 0.25) is 5.91 Å². The van der Waals surface area contributed by atoms with Gasteiger partial charge in [0.05, 0.1) is 18.1 Å². The highest BCUT2D eigenvalue weighted by atomic mass is 19.4. The topological polar surface area (TPSA) is 90.2 Å². The van der Waals surface area contributed by atoms with Crippen molar-refractivity contribution >= 4 is 11.9 Å². The lowest BCUT2D eigenvalue weighted by atomic mass is 9.98. The second kappa shape index (κ2) is 7.63. The molecule has 0 radical (unpaired) electrons. The Kier molecular flexibility index (Phi) is 6.13. The zero-order valence-electron chi connectivity index (χ0n) is 12.2. The van der Waals surface area contributed by atoms with Crippen LogP contribution < -0.4 is 5.32 Å². The molecule has 0 aromatic heterocycles. The number of carbonyl (C=O) groups is 2. The minimum atomic E-state index is -4.52. The van der Waals surface area contributed by atoms with Crippen molar-refractivity contribution in [3.05, 3.63) is 35.4 Å². The number of aliphatic carboxylic acids is 1. The first-order valence-electron chi connectivity index (χ1n) is 6.70. The number of carboxylic acid groups (broad SMARTS) is 1. The summed E-state index contributed by atoms with van der Waals surface area (Å²) in [4.78, 5) is 23.0. The summed E-state index contributed by atoms with van der Waals surface area (Å²) in [7, 11) is 0. The Bertz CT molecular complexity index is 623. The zero-order valence-corrected chi connectivity index (χ0v) is 12.2. The summed E-state index contributed by atoms with van der Waals surface area (Å²) in [5.74, 6) is -2.64. The molecule has 0 saturated heterocycles. The molecule has 2 N–H and O–H groups in total. The van der Waals surface area contributed by atoms with E-state index in [-0.39, 0.29) is 18.4 Å². The maximum Gasteiger partial charge on any atom is 0.416 e. The largest absolute Gasteiger partial charge is 0.480 e. The van der Waals surface area contributed by atoms with Crippen LogP contribution in [-0.4, -0.2) is 23.0 Å². The maximum atomic E-state index is 12.6. The third-order valence-corrected chi connectivity index (χ3v) is 3.18. The monoisotopic (exact) mass is 328 g/mol. The molecular formula is C15H15F3N2O3. The van der Waals surface area contributed by atoms with Crippen LogP contribution in [0.15, 0.2) is 24.3 Å². The van der Waals surface area contributed by atoms with Crippen LogP contribution in [0.5, 0.6) is 0 Å². The third-order valence-electron chi connectivity index (χ3n) is 3.18. The van der Waals surface area contributed by atoms with Gasteiger partial charge in [-0.3, -0.25) is 4.79 Å². The fourth-order valence-electron chi connectivity index (χ4n) is 1.98. The predicted octanol–water partition coefficient (Wildman–Crippen LogP) is 2.37. The van der Waals surface area contributed by atoms with Gasteiger partial charge < -0.3 is 10.4 Å². The molecule has 1 rings (SSSR count). The van der Waals surface area contributed by atoms with Crippen LogP contribution in [0, 0.1) is 17.2 Å². The van der Waals surface area contributed by atoms with Crippen LogP contribution in [0.25, 0.3) is 0 Å². The van der Waals surface area contributed by atoms with E-state index in [9.17, 15) is 22.8 Å². The second-order valence-electron chi connectivity index (χ2n) is 5.10. The summed E-state index contributed by atoms with van der Waals surface area (Å²) in [6, 6.07) is 4.80. The normalized spacial score (nSPS) is 13.7. The fraction of sp³-hybridized carbons (Fsp3) is 0.400. The Labute approximate surface area is 130 Å². The van der Waals surface area contributed by atoms with Gasteiger partial charge in [-0.15, -0.1) is 0 Å². The Balaban J connectivity index is 2.79. The van der Waals surface area contributed by atoms with Gasteiger partial charge in [-0.25, -0.2) is 4.79 Å². The lowest BCUT2D eigenvalue weighted by molar-refractivity contribution is -0.143. The molecule has 124 valence electrons.